The highest BCUT2D eigenvalue weighted by molar-refractivity contribution is 5.78. The normalized spacial score (nSPS) is 30.4. The van der Waals surface area contributed by atoms with Crippen molar-refractivity contribution in [3.63, 3.8) is 0 Å². The molecule has 2 atom stereocenters. The van der Waals surface area contributed by atoms with Gasteiger partial charge >= 0.3 is 0 Å². The first-order valence-corrected chi connectivity index (χ1v) is 4.41. The molecule has 0 saturated heterocycles. The maximum Gasteiger partial charge on any atom is 0.133 e. The van der Waals surface area contributed by atoms with Gasteiger partial charge in [0.15, 0.2) is 0 Å². The Balaban J connectivity index is 2.61. The molecule has 0 unspecified atom stereocenters. The molecule has 0 aromatic heterocycles. The standard InChI is InChI=1S/C10H16O/c1-3-9-6-4-5-7-10(9)8(2)11/h4-5,9-10H,3,6-7H2,1-2H3/t9-,10+/m0/s1. The lowest BCUT2D eigenvalue weighted by atomic mass is 9.79. The van der Waals surface area contributed by atoms with Crippen molar-refractivity contribution in [2.75, 3.05) is 0 Å². The van der Waals surface area contributed by atoms with Crippen molar-refractivity contribution >= 4 is 5.78 Å². The highest BCUT2D eigenvalue weighted by Gasteiger charge is 2.23. The Kier molecular flexibility index (Phi) is 2.86. The number of rotatable bonds is 2. The van der Waals surface area contributed by atoms with Crippen LogP contribution in [0.25, 0.3) is 0 Å². The molecule has 0 saturated carbocycles. The van der Waals surface area contributed by atoms with Crippen LogP contribution in [0.5, 0.6) is 0 Å². The van der Waals surface area contributed by atoms with Crippen LogP contribution in [0, 0.1) is 11.8 Å². The van der Waals surface area contributed by atoms with Crippen LogP contribution < -0.4 is 0 Å². The van der Waals surface area contributed by atoms with Crippen LogP contribution in [0.1, 0.15) is 33.1 Å². The second kappa shape index (κ2) is 3.70. The lowest BCUT2D eigenvalue weighted by Gasteiger charge is -2.24. The second-order valence-electron chi connectivity index (χ2n) is 3.33. The van der Waals surface area contributed by atoms with Gasteiger partial charge in [0.2, 0.25) is 0 Å². The highest BCUT2D eigenvalue weighted by Crippen LogP contribution is 2.28. The highest BCUT2D eigenvalue weighted by atomic mass is 16.1. The van der Waals surface area contributed by atoms with Gasteiger partial charge in [-0.3, -0.25) is 4.79 Å². The van der Waals surface area contributed by atoms with E-state index in [9.17, 15) is 4.79 Å². The van der Waals surface area contributed by atoms with E-state index in [0.29, 0.717) is 17.6 Å². The average Bonchev–Trinajstić information content (AvgIpc) is 2.04. The van der Waals surface area contributed by atoms with Crippen LogP contribution >= 0.6 is 0 Å². The minimum atomic E-state index is 0.310. The molecule has 0 aromatic rings. The van der Waals surface area contributed by atoms with Crippen LogP contribution in [0.3, 0.4) is 0 Å². The smallest absolute Gasteiger partial charge is 0.133 e. The van der Waals surface area contributed by atoms with E-state index >= 15 is 0 Å². The molecule has 1 nitrogen and oxygen atoms in total. The molecule has 0 spiro atoms. The van der Waals surface area contributed by atoms with Crippen LogP contribution in [0.2, 0.25) is 0 Å². The molecule has 0 aromatic carbocycles. The van der Waals surface area contributed by atoms with Gasteiger partial charge in [-0.05, 0) is 25.7 Å². The zero-order valence-corrected chi connectivity index (χ0v) is 7.34. The van der Waals surface area contributed by atoms with Crippen molar-refractivity contribution in [2.24, 2.45) is 11.8 Å². The van der Waals surface area contributed by atoms with Gasteiger partial charge in [-0.2, -0.15) is 0 Å². The Morgan fingerprint density at radius 1 is 1.45 bits per heavy atom. The molecule has 0 aliphatic heterocycles. The Morgan fingerprint density at radius 3 is 2.55 bits per heavy atom. The first-order valence-electron chi connectivity index (χ1n) is 4.41. The summed E-state index contributed by atoms with van der Waals surface area (Å²) >= 11 is 0. The Morgan fingerprint density at radius 2 is 2.09 bits per heavy atom. The molecule has 62 valence electrons. The Bertz CT molecular complexity index is 170. The van der Waals surface area contributed by atoms with Gasteiger partial charge in [0, 0.05) is 5.92 Å². The van der Waals surface area contributed by atoms with E-state index in [0.717, 1.165) is 19.3 Å². The van der Waals surface area contributed by atoms with Crippen molar-refractivity contribution in [1.29, 1.82) is 0 Å². The summed E-state index contributed by atoms with van der Waals surface area (Å²) in [4.78, 5) is 11.1. The van der Waals surface area contributed by atoms with Gasteiger partial charge in [-0.1, -0.05) is 25.5 Å². The van der Waals surface area contributed by atoms with Crippen LogP contribution in [-0.2, 0) is 4.79 Å². The van der Waals surface area contributed by atoms with Gasteiger partial charge in [-0.25, -0.2) is 0 Å². The van der Waals surface area contributed by atoms with Crippen molar-refractivity contribution in [1.82, 2.24) is 0 Å². The Labute approximate surface area is 68.5 Å². The molecule has 0 amide bonds. The molecule has 1 aliphatic carbocycles. The summed E-state index contributed by atoms with van der Waals surface area (Å²) in [6.45, 7) is 3.88. The summed E-state index contributed by atoms with van der Waals surface area (Å²) in [5.41, 5.74) is 0. The largest absolute Gasteiger partial charge is 0.300 e. The van der Waals surface area contributed by atoms with E-state index in [1.807, 2.05) is 0 Å². The monoisotopic (exact) mass is 152 g/mol. The van der Waals surface area contributed by atoms with Crippen molar-refractivity contribution in [3.8, 4) is 0 Å². The van der Waals surface area contributed by atoms with E-state index < -0.39 is 0 Å². The lowest BCUT2D eigenvalue weighted by Crippen LogP contribution is -2.22. The molecule has 0 radical (unpaired) electrons. The van der Waals surface area contributed by atoms with E-state index in [4.69, 9.17) is 0 Å². The maximum atomic E-state index is 11.1. The number of Topliss-reactive ketones (excluding diaryl/α,β-unsaturated/α-hetero) is 1. The topological polar surface area (TPSA) is 17.1 Å². The van der Waals surface area contributed by atoms with Crippen molar-refractivity contribution in [3.05, 3.63) is 12.2 Å². The quantitative estimate of drug-likeness (QED) is 0.556. The summed E-state index contributed by atoms with van der Waals surface area (Å²) < 4.78 is 0. The molecule has 0 bridgehead atoms. The van der Waals surface area contributed by atoms with Gasteiger partial charge in [0.25, 0.3) is 0 Å². The van der Waals surface area contributed by atoms with Gasteiger partial charge < -0.3 is 0 Å². The zero-order valence-electron chi connectivity index (χ0n) is 7.34. The fourth-order valence-corrected chi connectivity index (χ4v) is 1.82. The molecule has 0 N–H and O–H groups in total. The van der Waals surface area contributed by atoms with E-state index in [1.54, 1.807) is 6.92 Å². The summed E-state index contributed by atoms with van der Waals surface area (Å²) in [6, 6.07) is 0. The van der Waals surface area contributed by atoms with Crippen LogP contribution in [0.15, 0.2) is 12.2 Å². The summed E-state index contributed by atoms with van der Waals surface area (Å²) in [5.74, 6) is 1.28. The SMILES string of the molecule is CC[C@H]1CC=CC[C@@H]1C(C)=O. The zero-order chi connectivity index (χ0) is 8.27. The summed E-state index contributed by atoms with van der Waals surface area (Å²) in [6.07, 6.45) is 7.54. The molecule has 1 heteroatoms. The third-order valence-corrected chi connectivity index (χ3v) is 2.61. The molecule has 11 heavy (non-hydrogen) atoms. The molecular weight excluding hydrogens is 136 g/mol. The van der Waals surface area contributed by atoms with Crippen molar-refractivity contribution < 1.29 is 4.79 Å². The lowest BCUT2D eigenvalue weighted by molar-refractivity contribution is -0.122. The number of carbonyl (C=O) groups is 1. The van der Waals surface area contributed by atoms with E-state index in [2.05, 4.69) is 19.1 Å². The van der Waals surface area contributed by atoms with Gasteiger partial charge in [0.05, 0.1) is 0 Å². The molecule has 0 fully saturated rings. The number of hydrogen-bond donors (Lipinski definition) is 0. The first-order chi connectivity index (χ1) is 5.25. The minimum Gasteiger partial charge on any atom is -0.300 e. The molecule has 1 rings (SSSR count). The predicted octanol–water partition coefficient (Wildman–Crippen LogP) is 2.57. The molecule has 0 heterocycles. The first kappa shape index (κ1) is 8.51. The Hall–Kier alpha value is -0.590. The van der Waals surface area contributed by atoms with Crippen LogP contribution in [0.4, 0.5) is 0 Å². The number of carbonyl (C=O) groups excluding carboxylic acids is 1. The third-order valence-electron chi connectivity index (χ3n) is 2.61. The van der Waals surface area contributed by atoms with Crippen LogP contribution in [-0.4, -0.2) is 5.78 Å². The van der Waals surface area contributed by atoms with Gasteiger partial charge in [-0.15, -0.1) is 0 Å². The van der Waals surface area contributed by atoms with Gasteiger partial charge in [0.1, 0.15) is 5.78 Å². The predicted molar refractivity (Wildman–Crippen MR) is 46.3 cm³/mol. The maximum absolute atomic E-state index is 11.1. The number of hydrogen-bond acceptors (Lipinski definition) is 1. The molecule has 1 aliphatic rings. The number of ketones is 1. The number of allylic oxidation sites excluding steroid dienone is 2. The fourth-order valence-electron chi connectivity index (χ4n) is 1.82. The van der Waals surface area contributed by atoms with E-state index in [-0.39, 0.29) is 0 Å². The fraction of sp³-hybridized carbons (Fsp3) is 0.700. The minimum absolute atomic E-state index is 0.310. The third kappa shape index (κ3) is 1.92. The second-order valence-corrected chi connectivity index (χ2v) is 3.33. The van der Waals surface area contributed by atoms with Crippen molar-refractivity contribution in [2.45, 2.75) is 33.1 Å². The van der Waals surface area contributed by atoms with E-state index in [1.165, 1.54) is 0 Å². The average molecular weight is 152 g/mol. The molecular formula is C10H16O. The summed E-state index contributed by atoms with van der Waals surface area (Å²) in [7, 11) is 0. The summed E-state index contributed by atoms with van der Waals surface area (Å²) in [5, 5.41) is 0.